The first-order valence-electron chi connectivity index (χ1n) is 13.5. The van der Waals surface area contributed by atoms with E-state index in [2.05, 4.69) is 30.8 Å². The fourth-order valence-corrected chi connectivity index (χ4v) is 6.86. The zero-order valence-electron chi connectivity index (χ0n) is 23.7. The van der Waals surface area contributed by atoms with E-state index in [1.807, 2.05) is 19.2 Å². The Bertz CT molecular complexity index is 1560. The molecule has 13 heteroatoms. The van der Waals surface area contributed by atoms with Gasteiger partial charge in [-0.3, -0.25) is 29.9 Å². The van der Waals surface area contributed by atoms with E-state index in [1.54, 1.807) is 49.8 Å². The lowest BCUT2D eigenvalue weighted by atomic mass is 10.1. The van der Waals surface area contributed by atoms with Gasteiger partial charge in [-0.25, -0.2) is 8.42 Å². The Morgan fingerprint density at radius 2 is 1.93 bits per heavy atom. The largest absolute Gasteiger partial charge is 0.480 e. The molecule has 1 aliphatic heterocycles. The number of fused-ring (bicyclic) bond motifs is 1. The molecule has 2 atom stereocenters. The number of hydrogen-bond acceptors (Lipinski definition) is 8. The highest BCUT2D eigenvalue weighted by Gasteiger charge is 2.29. The van der Waals surface area contributed by atoms with Gasteiger partial charge in [-0.2, -0.15) is 9.82 Å². The number of hydrogen-bond donors (Lipinski definition) is 5. The number of carbonyl (C=O) groups excluding carboxylic acids is 1. The molecule has 220 valence electrons. The van der Waals surface area contributed by atoms with E-state index in [0.717, 1.165) is 42.6 Å². The van der Waals surface area contributed by atoms with Crippen LogP contribution in [0.3, 0.4) is 0 Å². The molecule has 5 N–H and O–H groups in total. The van der Waals surface area contributed by atoms with Gasteiger partial charge >= 0.3 is 5.97 Å². The molecule has 2 heterocycles. The fourth-order valence-electron chi connectivity index (χ4n) is 5.22. The first-order valence-corrected chi connectivity index (χ1v) is 15.0. The van der Waals surface area contributed by atoms with E-state index in [9.17, 15) is 23.1 Å². The number of carboxylic acid groups (broad SMARTS) is 1. The van der Waals surface area contributed by atoms with E-state index in [-0.39, 0.29) is 11.2 Å². The Kier molecular flexibility index (Phi) is 9.53. The summed E-state index contributed by atoms with van der Waals surface area (Å²) in [5.41, 5.74) is 3.70. The number of nitrogens with one attached hydrogen (secondary N) is 4. The lowest BCUT2D eigenvalue weighted by Crippen LogP contribution is -2.48. The number of benzene rings is 2. The van der Waals surface area contributed by atoms with Crippen molar-refractivity contribution in [1.29, 1.82) is 0 Å². The maximum atomic E-state index is 13.2. The predicted octanol–water partition coefficient (Wildman–Crippen LogP) is 1.53. The molecule has 0 fully saturated rings. The molecule has 1 aliphatic rings. The molecule has 0 radical (unpaired) electrons. The van der Waals surface area contributed by atoms with E-state index in [4.69, 9.17) is 0 Å². The van der Waals surface area contributed by atoms with Crippen molar-refractivity contribution in [3.05, 3.63) is 58.3 Å². The molecule has 0 bridgehead atoms. The molecular weight excluding hydrogens is 546 g/mol. The van der Waals surface area contributed by atoms with Gasteiger partial charge in [0.2, 0.25) is 10.0 Å². The monoisotopic (exact) mass is 583 g/mol. The van der Waals surface area contributed by atoms with Crippen LogP contribution in [-0.2, 0) is 28.3 Å². The standard InChI is InChI=1S/C28H37N7O5S/c1-17-14-18(2)25(19(3)15-17)41(39,40)34-23(27(37)38)16-32-26(36)21-9-5-8-20-22(33-35(4)24(20)21)10-6-11-29-28-30-12-7-13-31-28/h5,8-9,12,14-15,23,28-29,31,34H,6-7,10-11,13,16H2,1-4H3,(H,32,36)(H,37,38). The van der Waals surface area contributed by atoms with Crippen LogP contribution in [0, 0.1) is 20.8 Å². The first kappa shape index (κ1) is 30.3. The van der Waals surface area contributed by atoms with Gasteiger partial charge in [0, 0.05) is 31.7 Å². The lowest BCUT2D eigenvalue weighted by molar-refractivity contribution is -0.138. The summed E-state index contributed by atoms with van der Waals surface area (Å²) >= 11 is 0. The number of amides is 1. The molecule has 4 rings (SSSR count). The van der Waals surface area contributed by atoms with Crippen molar-refractivity contribution in [2.45, 2.75) is 57.3 Å². The van der Waals surface area contributed by atoms with Crippen molar-refractivity contribution in [2.24, 2.45) is 12.0 Å². The highest BCUT2D eigenvalue weighted by Crippen LogP contribution is 2.24. The van der Waals surface area contributed by atoms with Crippen LogP contribution >= 0.6 is 0 Å². The van der Waals surface area contributed by atoms with Gasteiger partial charge in [0.25, 0.3) is 5.91 Å². The molecule has 1 aromatic heterocycles. The van der Waals surface area contributed by atoms with Crippen molar-refractivity contribution >= 4 is 39.0 Å². The second-order valence-electron chi connectivity index (χ2n) is 10.3. The van der Waals surface area contributed by atoms with Crippen LogP contribution in [0.2, 0.25) is 0 Å². The summed E-state index contributed by atoms with van der Waals surface area (Å²) in [6, 6.07) is 7.16. The van der Waals surface area contributed by atoms with Gasteiger partial charge in [-0.15, -0.1) is 0 Å². The minimum absolute atomic E-state index is 0.0331. The molecule has 0 spiro atoms. The van der Waals surface area contributed by atoms with E-state index in [1.165, 1.54) is 0 Å². The van der Waals surface area contributed by atoms with Crippen molar-refractivity contribution in [2.75, 3.05) is 19.6 Å². The number of rotatable bonds is 12. The summed E-state index contributed by atoms with van der Waals surface area (Å²) in [6.07, 6.45) is 4.26. The summed E-state index contributed by atoms with van der Waals surface area (Å²) in [4.78, 5) is 29.6. The minimum atomic E-state index is -4.16. The number of aryl methyl sites for hydroxylation is 5. The summed E-state index contributed by atoms with van der Waals surface area (Å²) in [7, 11) is -2.41. The Balaban J connectivity index is 1.44. The quantitative estimate of drug-likeness (QED) is 0.200. The third-order valence-electron chi connectivity index (χ3n) is 6.92. The summed E-state index contributed by atoms with van der Waals surface area (Å²) < 4.78 is 30.1. The van der Waals surface area contributed by atoms with Crippen LogP contribution in [0.15, 0.2) is 40.2 Å². The molecule has 0 saturated heterocycles. The third kappa shape index (κ3) is 7.17. The van der Waals surface area contributed by atoms with Gasteiger partial charge in [0.15, 0.2) is 6.29 Å². The molecule has 0 saturated carbocycles. The maximum absolute atomic E-state index is 13.2. The number of sulfonamides is 1. The number of para-hydroxylation sites is 1. The summed E-state index contributed by atoms with van der Waals surface area (Å²) in [5.74, 6) is -1.93. The van der Waals surface area contributed by atoms with Gasteiger partial charge in [0.05, 0.1) is 21.7 Å². The van der Waals surface area contributed by atoms with Crippen LogP contribution in [-0.4, -0.2) is 73.4 Å². The van der Waals surface area contributed by atoms with Crippen LogP contribution in [0.4, 0.5) is 0 Å². The SMILES string of the molecule is Cc1cc(C)c(S(=O)(=O)NC(CNC(=O)c2cccc3c(CCCNC4N=CCCN4)nn(C)c23)C(=O)O)c(C)c1. The van der Waals surface area contributed by atoms with Crippen molar-refractivity contribution in [3.63, 3.8) is 0 Å². The zero-order valence-corrected chi connectivity index (χ0v) is 24.5. The van der Waals surface area contributed by atoms with Crippen LogP contribution in [0.5, 0.6) is 0 Å². The molecule has 0 aliphatic carbocycles. The summed E-state index contributed by atoms with van der Waals surface area (Å²) in [5, 5.41) is 24.4. The Morgan fingerprint density at radius 1 is 1.20 bits per heavy atom. The second kappa shape index (κ2) is 12.9. The number of carboxylic acids is 1. The molecule has 2 aromatic carbocycles. The predicted molar refractivity (Wildman–Crippen MR) is 157 cm³/mol. The molecule has 2 unspecified atom stereocenters. The third-order valence-corrected chi connectivity index (χ3v) is 8.69. The first-order chi connectivity index (χ1) is 19.5. The number of aliphatic carboxylic acids is 1. The van der Waals surface area contributed by atoms with Gasteiger partial charge in [0.1, 0.15) is 6.04 Å². The van der Waals surface area contributed by atoms with Gasteiger partial charge in [-0.1, -0.05) is 29.8 Å². The van der Waals surface area contributed by atoms with E-state index in [0.29, 0.717) is 28.6 Å². The zero-order chi connectivity index (χ0) is 29.7. The summed E-state index contributed by atoms with van der Waals surface area (Å²) in [6.45, 7) is 6.36. The van der Waals surface area contributed by atoms with Crippen LogP contribution < -0.4 is 20.7 Å². The highest BCUT2D eigenvalue weighted by molar-refractivity contribution is 7.89. The average Bonchev–Trinajstić information content (AvgIpc) is 3.24. The number of carbonyl (C=O) groups is 2. The molecule has 3 aromatic rings. The second-order valence-corrected chi connectivity index (χ2v) is 11.9. The molecule has 41 heavy (non-hydrogen) atoms. The smallest absolute Gasteiger partial charge is 0.323 e. The van der Waals surface area contributed by atoms with Crippen LogP contribution in [0.25, 0.3) is 10.9 Å². The van der Waals surface area contributed by atoms with Crippen molar-refractivity contribution in [3.8, 4) is 0 Å². The van der Waals surface area contributed by atoms with Gasteiger partial charge in [-0.05, 0) is 63.8 Å². The molecule has 1 amide bonds. The topological polar surface area (TPSA) is 167 Å². The van der Waals surface area contributed by atoms with Gasteiger partial charge < -0.3 is 10.4 Å². The Labute approximate surface area is 239 Å². The Morgan fingerprint density at radius 3 is 2.59 bits per heavy atom. The fraction of sp³-hybridized carbons (Fsp3) is 0.429. The lowest BCUT2D eigenvalue weighted by Gasteiger charge is -2.18. The number of aliphatic imine (C=N–C) groups is 1. The molecule has 12 nitrogen and oxygen atoms in total. The number of nitrogens with zero attached hydrogens (tertiary/aromatic N) is 3. The van der Waals surface area contributed by atoms with E-state index < -0.39 is 34.5 Å². The normalized spacial score (nSPS) is 16.1. The van der Waals surface area contributed by atoms with Crippen molar-refractivity contribution in [1.82, 2.24) is 30.5 Å². The highest BCUT2D eigenvalue weighted by atomic mass is 32.2. The van der Waals surface area contributed by atoms with E-state index >= 15 is 0 Å². The molecular formula is C28H37N7O5S. The average molecular weight is 584 g/mol. The minimum Gasteiger partial charge on any atom is -0.480 e. The maximum Gasteiger partial charge on any atom is 0.323 e. The van der Waals surface area contributed by atoms with Crippen LogP contribution in [0.1, 0.15) is 45.6 Å². The Hall–Kier alpha value is -3.65. The number of aromatic nitrogens is 2. The van der Waals surface area contributed by atoms with Crippen molar-refractivity contribution < 1.29 is 23.1 Å².